The predicted molar refractivity (Wildman–Crippen MR) is 68.0 cm³/mol. The van der Waals surface area contributed by atoms with E-state index in [1.165, 1.54) is 0 Å². The van der Waals surface area contributed by atoms with Crippen LogP contribution in [0.25, 0.3) is 0 Å². The third kappa shape index (κ3) is 13.8. The number of rotatable bonds is 8. The summed E-state index contributed by atoms with van der Waals surface area (Å²) in [5.74, 6) is 0. The predicted octanol–water partition coefficient (Wildman–Crippen LogP) is 2.34. The van der Waals surface area contributed by atoms with Gasteiger partial charge in [-0.1, -0.05) is 0 Å². The van der Waals surface area contributed by atoms with Crippen molar-refractivity contribution in [1.29, 1.82) is 0 Å². The second-order valence-corrected chi connectivity index (χ2v) is 5.84. The van der Waals surface area contributed by atoms with Gasteiger partial charge in [0.2, 0.25) is 0 Å². The molecule has 0 radical (unpaired) electrons. The van der Waals surface area contributed by atoms with Crippen LogP contribution in [0.3, 0.4) is 0 Å². The molecular formula is C13H28O4. The van der Waals surface area contributed by atoms with Gasteiger partial charge in [0.15, 0.2) is 6.29 Å². The summed E-state index contributed by atoms with van der Waals surface area (Å²) in [7, 11) is 0. The molecule has 0 bridgehead atoms. The summed E-state index contributed by atoms with van der Waals surface area (Å²) in [4.78, 5) is 0. The summed E-state index contributed by atoms with van der Waals surface area (Å²) in [6.07, 6.45) is 0.397. The van der Waals surface area contributed by atoms with E-state index >= 15 is 0 Å². The molecule has 1 unspecified atom stereocenters. The zero-order valence-electron chi connectivity index (χ0n) is 12.1. The highest BCUT2D eigenvalue weighted by Crippen LogP contribution is 2.11. The first kappa shape index (κ1) is 16.8. The van der Waals surface area contributed by atoms with Crippen LogP contribution in [0.2, 0.25) is 0 Å². The molecule has 0 saturated carbocycles. The van der Waals surface area contributed by atoms with E-state index in [1.807, 2.05) is 27.7 Å². The van der Waals surface area contributed by atoms with Gasteiger partial charge >= 0.3 is 0 Å². The molecule has 4 heteroatoms. The lowest BCUT2D eigenvalue weighted by Crippen LogP contribution is -2.28. The molecule has 0 aromatic rings. The topological polar surface area (TPSA) is 47.9 Å². The Morgan fingerprint density at radius 1 is 1.00 bits per heavy atom. The summed E-state index contributed by atoms with van der Waals surface area (Å²) in [6.45, 7) is 13.0. The lowest BCUT2D eigenvalue weighted by atomic mass is 10.1. The molecule has 0 amide bonds. The van der Waals surface area contributed by atoms with Crippen molar-refractivity contribution in [1.82, 2.24) is 0 Å². The summed E-state index contributed by atoms with van der Waals surface area (Å²) < 4.78 is 16.4. The molecule has 1 atom stereocenters. The normalized spacial score (nSPS) is 15.0. The van der Waals surface area contributed by atoms with Crippen LogP contribution < -0.4 is 0 Å². The maximum Gasteiger partial charge on any atom is 0.155 e. The molecule has 0 aliphatic carbocycles. The van der Waals surface area contributed by atoms with E-state index in [2.05, 4.69) is 0 Å². The van der Waals surface area contributed by atoms with Gasteiger partial charge < -0.3 is 19.3 Å². The van der Waals surface area contributed by atoms with E-state index in [4.69, 9.17) is 14.2 Å². The van der Waals surface area contributed by atoms with Crippen LogP contribution in [-0.2, 0) is 14.2 Å². The molecule has 104 valence electrons. The van der Waals surface area contributed by atoms with Crippen molar-refractivity contribution >= 4 is 0 Å². The number of aliphatic hydroxyl groups is 1. The minimum absolute atomic E-state index is 0.193. The highest BCUT2D eigenvalue weighted by molar-refractivity contribution is 4.63. The fourth-order valence-electron chi connectivity index (χ4n) is 1.23. The maximum atomic E-state index is 9.46. The van der Waals surface area contributed by atoms with Gasteiger partial charge in [0.05, 0.1) is 24.4 Å². The second-order valence-electron chi connectivity index (χ2n) is 5.84. The molecule has 0 fully saturated rings. The molecule has 0 aromatic carbocycles. The van der Waals surface area contributed by atoms with Crippen molar-refractivity contribution < 1.29 is 19.3 Å². The zero-order chi connectivity index (χ0) is 13.5. The van der Waals surface area contributed by atoms with Crippen LogP contribution in [0.4, 0.5) is 0 Å². The average Bonchev–Trinajstić information content (AvgIpc) is 2.06. The SMILES string of the molecule is CC(OCCOCCC(C)(C)O)OC(C)(C)C. The van der Waals surface area contributed by atoms with Crippen LogP contribution in [0, 0.1) is 0 Å². The smallest absolute Gasteiger partial charge is 0.155 e. The first-order valence-electron chi connectivity index (χ1n) is 6.20. The van der Waals surface area contributed by atoms with E-state index in [-0.39, 0.29) is 11.9 Å². The van der Waals surface area contributed by atoms with Crippen LogP contribution in [0.5, 0.6) is 0 Å². The molecular weight excluding hydrogens is 220 g/mol. The number of ether oxygens (including phenoxy) is 3. The molecule has 0 spiro atoms. The molecule has 0 heterocycles. The maximum absolute atomic E-state index is 9.46. The van der Waals surface area contributed by atoms with E-state index in [1.54, 1.807) is 13.8 Å². The fourth-order valence-corrected chi connectivity index (χ4v) is 1.23. The van der Waals surface area contributed by atoms with Gasteiger partial charge in [-0.3, -0.25) is 0 Å². The second kappa shape index (κ2) is 7.31. The Bertz CT molecular complexity index is 191. The monoisotopic (exact) mass is 248 g/mol. The van der Waals surface area contributed by atoms with Crippen LogP contribution in [0.15, 0.2) is 0 Å². The molecule has 1 N–H and O–H groups in total. The van der Waals surface area contributed by atoms with Crippen molar-refractivity contribution in [2.24, 2.45) is 0 Å². The van der Waals surface area contributed by atoms with Gasteiger partial charge in [0, 0.05) is 6.61 Å². The van der Waals surface area contributed by atoms with Crippen molar-refractivity contribution in [3.8, 4) is 0 Å². The average molecular weight is 248 g/mol. The molecule has 4 nitrogen and oxygen atoms in total. The summed E-state index contributed by atoms with van der Waals surface area (Å²) >= 11 is 0. The summed E-state index contributed by atoms with van der Waals surface area (Å²) in [5.41, 5.74) is -0.856. The van der Waals surface area contributed by atoms with Gasteiger partial charge in [-0.15, -0.1) is 0 Å². The minimum Gasteiger partial charge on any atom is -0.390 e. The molecule has 0 aromatic heterocycles. The molecule has 0 rings (SSSR count). The van der Waals surface area contributed by atoms with Crippen molar-refractivity contribution in [2.45, 2.75) is 65.5 Å². The lowest BCUT2D eigenvalue weighted by Gasteiger charge is -2.25. The summed E-state index contributed by atoms with van der Waals surface area (Å²) in [5, 5.41) is 9.46. The highest BCUT2D eigenvalue weighted by Gasteiger charge is 2.15. The van der Waals surface area contributed by atoms with Gasteiger partial charge in [-0.05, 0) is 48.0 Å². The molecule has 0 aliphatic rings. The number of hydrogen-bond acceptors (Lipinski definition) is 4. The largest absolute Gasteiger partial charge is 0.390 e. The van der Waals surface area contributed by atoms with Gasteiger partial charge in [0.1, 0.15) is 0 Å². The van der Waals surface area contributed by atoms with E-state index in [9.17, 15) is 5.11 Å². The van der Waals surface area contributed by atoms with Crippen molar-refractivity contribution in [2.75, 3.05) is 19.8 Å². The Hall–Kier alpha value is -0.160. The fraction of sp³-hybridized carbons (Fsp3) is 1.00. The van der Waals surface area contributed by atoms with E-state index in [0.29, 0.717) is 26.2 Å². The van der Waals surface area contributed by atoms with Gasteiger partial charge in [-0.25, -0.2) is 0 Å². The standard InChI is InChI=1S/C13H28O4/c1-11(17-12(2,3)4)16-10-9-15-8-7-13(5,6)14/h11,14H,7-10H2,1-6H3. The Morgan fingerprint density at radius 2 is 1.59 bits per heavy atom. The Balaban J connectivity index is 3.40. The third-order valence-electron chi connectivity index (χ3n) is 1.96. The first-order valence-corrected chi connectivity index (χ1v) is 6.20. The van der Waals surface area contributed by atoms with Crippen LogP contribution in [0.1, 0.15) is 48.0 Å². The Morgan fingerprint density at radius 3 is 2.06 bits per heavy atom. The first-order chi connectivity index (χ1) is 7.60. The van der Waals surface area contributed by atoms with Gasteiger partial charge in [0.25, 0.3) is 0 Å². The minimum atomic E-state index is -0.663. The quantitative estimate of drug-likeness (QED) is 0.529. The zero-order valence-corrected chi connectivity index (χ0v) is 12.1. The Kier molecular flexibility index (Phi) is 7.24. The molecule has 0 saturated heterocycles. The van der Waals surface area contributed by atoms with Crippen molar-refractivity contribution in [3.05, 3.63) is 0 Å². The van der Waals surface area contributed by atoms with Crippen molar-refractivity contribution in [3.63, 3.8) is 0 Å². The van der Waals surface area contributed by atoms with Crippen LogP contribution >= 0.6 is 0 Å². The summed E-state index contributed by atoms with van der Waals surface area (Å²) in [6, 6.07) is 0. The third-order valence-corrected chi connectivity index (χ3v) is 1.96. The number of hydrogen-bond donors (Lipinski definition) is 1. The molecule has 0 aliphatic heterocycles. The molecule has 17 heavy (non-hydrogen) atoms. The highest BCUT2D eigenvalue weighted by atomic mass is 16.7. The van der Waals surface area contributed by atoms with E-state index < -0.39 is 5.60 Å². The Labute approximate surface area is 105 Å². The lowest BCUT2D eigenvalue weighted by molar-refractivity contribution is -0.190. The van der Waals surface area contributed by atoms with E-state index in [0.717, 1.165) is 0 Å². The van der Waals surface area contributed by atoms with Crippen LogP contribution in [-0.4, -0.2) is 42.4 Å². The van der Waals surface area contributed by atoms with Gasteiger partial charge in [-0.2, -0.15) is 0 Å².